The fourth-order valence-electron chi connectivity index (χ4n) is 3.48. The van der Waals surface area contributed by atoms with Crippen molar-refractivity contribution in [2.24, 2.45) is 5.92 Å². The van der Waals surface area contributed by atoms with E-state index < -0.39 is 0 Å². The van der Waals surface area contributed by atoms with Crippen LogP contribution in [-0.2, 0) is 16.1 Å². The van der Waals surface area contributed by atoms with E-state index in [4.69, 9.17) is 4.74 Å². The number of amides is 1. The van der Waals surface area contributed by atoms with Crippen molar-refractivity contribution >= 4 is 5.91 Å². The minimum atomic E-state index is 0.0766. The van der Waals surface area contributed by atoms with Crippen molar-refractivity contribution in [3.8, 4) is 0 Å². The minimum absolute atomic E-state index is 0.0766. The fourth-order valence-corrected chi connectivity index (χ4v) is 3.48. The number of aromatic nitrogens is 2. The topological polar surface area (TPSA) is 67.3 Å². The fraction of sp³-hybridized carbons (Fsp3) is 0.706. The van der Waals surface area contributed by atoms with Crippen molar-refractivity contribution in [1.82, 2.24) is 20.2 Å². The zero-order valence-corrected chi connectivity index (χ0v) is 14.0. The molecule has 1 atom stereocenters. The third kappa shape index (κ3) is 3.87. The first-order chi connectivity index (χ1) is 11.1. The number of ether oxygens (including phenoxy) is 1. The first-order valence-corrected chi connectivity index (χ1v) is 8.53. The van der Waals surface area contributed by atoms with Crippen LogP contribution < -0.4 is 5.32 Å². The van der Waals surface area contributed by atoms with E-state index in [1.165, 1.54) is 6.42 Å². The predicted octanol–water partition coefficient (Wildman–Crippen LogP) is 1.59. The van der Waals surface area contributed by atoms with Gasteiger partial charge in [0, 0.05) is 37.4 Å². The largest absolute Gasteiger partial charge is 0.381 e. The SMILES string of the molecule is Cc1ncc(CNC(=O)C2CCOCC2)c([C@@H]2CCCN2C)n1. The van der Waals surface area contributed by atoms with Gasteiger partial charge in [0.1, 0.15) is 5.82 Å². The van der Waals surface area contributed by atoms with Crippen LogP contribution in [0.1, 0.15) is 48.8 Å². The molecular weight excluding hydrogens is 292 g/mol. The van der Waals surface area contributed by atoms with Crippen LogP contribution in [0.4, 0.5) is 0 Å². The van der Waals surface area contributed by atoms with Gasteiger partial charge in [0.2, 0.25) is 5.91 Å². The Kier molecular flexibility index (Phi) is 5.23. The number of rotatable bonds is 4. The molecule has 0 bridgehead atoms. The highest BCUT2D eigenvalue weighted by Crippen LogP contribution is 2.31. The van der Waals surface area contributed by atoms with Crippen LogP contribution in [0.2, 0.25) is 0 Å². The molecule has 6 heteroatoms. The average Bonchev–Trinajstić information content (AvgIpc) is 3.00. The van der Waals surface area contributed by atoms with E-state index in [9.17, 15) is 4.79 Å². The van der Waals surface area contributed by atoms with Crippen molar-refractivity contribution < 1.29 is 9.53 Å². The second-order valence-electron chi connectivity index (χ2n) is 6.57. The third-order valence-corrected chi connectivity index (χ3v) is 4.90. The molecule has 1 amide bonds. The van der Waals surface area contributed by atoms with Crippen LogP contribution in [0.3, 0.4) is 0 Å². The lowest BCUT2D eigenvalue weighted by Crippen LogP contribution is -2.34. The van der Waals surface area contributed by atoms with E-state index in [-0.39, 0.29) is 11.8 Å². The molecule has 3 rings (SSSR count). The summed E-state index contributed by atoms with van der Waals surface area (Å²) in [6.45, 7) is 4.90. The summed E-state index contributed by atoms with van der Waals surface area (Å²) >= 11 is 0. The van der Waals surface area contributed by atoms with Crippen LogP contribution >= 0.6 is 0 Å². The summed E-state index contributed by atoms with van der Waals surface area (Å²) in [5.74, 6) is 0.993. The second-order valence-corrected chi connectivity index (χ2v) is 6.57. The highest BCUT2D eigenvalue weighted by Gasteiger charge is 2.27. The molecule has 2 fully saturated rings. The van der Waals surface area contributed by atoms with Crippen LogP contribution in [0.5, 0.6) is 0 Å². The molecule has 1 N–H and O–H groups in total. The molecule has 2 aliphatic rings. The first kappa shape index (κ1) is 16.3. The molecule has 0 aromatic carbocycles. The molecule has 0 aliphatic carbocycles. The number of likely N-dealkylation sites (tertiary alicyclic amines) is 1. The molecule has 1 aromatic rings. The molecule has 0 spiro atoms. The highest BCUT2D eigenvalue weighted by molar-refractivity contribution is 5.78. The Morgan fingerprint density at radius 1 is 1.39 bits per heavy atom. The summed E-state index contributed by atoms with van der Waals surface area (Å²) in [4.78, 5) is 23.7. The van der Waals surface area contributed by atoms with Gasteiger partial charge in [0.25, 0.3) is 0 Å². The van der Waals surface area contributed by atoms with Crippen molar-refractivity contribution in [3.05, 3.63) is 23.3 Å². The van der Waals surface area contributed by atoms with Crippen LogP contribution in [0.15, 0.2) is 6.20 Å². The highest BCUT2D eigenvalue weighted by atomic mass is 16.5. The van der Waals surface area contributed by atoms with Gasteiger partial charge in [-0.2, -0.15) is 0 Å². The Morgan fingerprint density at radius 3 is 2.87 bits per heavy atom. The maximum Gasteiger partial charge on any atom is 0.223 e. The van der Waals surface area contributed by atoms with Gasteiger partial charge in [0.15, 0.2) is 0 Å². The van der Waals surface area contributed by atoms with Gasteiger partial charge in [-0.05, 0) is 46.2 Å². The molecule has 0 saturated carbocycles. The summed E-state index contributed by atoms with van der Waals surface area (Å²) < 4.78 is 5.32. The summed E-state index contributed by atoms with van der Waals surface area (Å²) in [6, 6.07) is 0.340. The molecule has 3 heterocycles. The Balaban J connectivity index is 1.68. The zero-order valence-electron chi connectivity index (χ0n) is 14.0. The monoisotopic (exact) mass is 318 g/mol. The lowest BCUT2D eigenvalue weighted by Gasteiger charge is -2.23. The number of hydrogen-bond donors (Lipinski definition) is 1. The van der Waals surface area contributed by atoms with E-state index in [0.29, 0.717) is 25.8 Å². The molecule has 2 saturated heterocycles. The molecule has 2 aliphatic heterocycles. The number of aryl methyl sites for hydroxylation is 1. The quantitative estimate of drug-likeness (QED) is 0.913. The third-order valence-electron chi connectivity index (χ3n) is 4.90. The molecule has 1 aromatic heterocycles. The molecule has 6 nitrogen and oxygen atoms in total. The summed E-state index contributed by atoms with van der Waals surface area (Å²) in [7, 11) is 2.14. The maximum atomic E-state index is 12.3. The molecule has 126 valence electrons. The van der Waals surface area contributed by atoms with Gasteiger partial charge < -0.3 is 10.1 Å². The maximum absolute atomic E-state index is 12.3. The van der Waals surface area contributed by atoms with Gasteiger partial charge in [-0.1, -0.05) is 0 Å². The van der Waals surface area contributed by atoms with Gasteiger partial charge >= 0.3 is 0 Å². The van der Waals surface area contributed by atoms with Crippen molar-refractivity contribution in [2.45, 2.75) is 45.2 Å². The first-order valence-electron chi connectivity index (χ1n) is 8.53. The smallest absolute Gasteiger partial charge is 0.223 e. The Morgan fingerprint density at radius 2 is 2.17 bits per heavy atom. The van der Waals surface area contributed by atoms with Gasteiger partial charge in [-0.15, -0.1) is 0 Å². The number of nitrogens with zero attached hydrogens (tertiary/aromatic N) is 3. The molecule has 23 heavy (non-hydrogen) atoms. The van der Waals surface area contributed by atoms with E-state index in [1.54, 1.807) is 0 Å². The lowest BCUT2D eigenvalue weighted by molar-refractivity contribution is -0.128. The summed E-state index contributed by atoms with van der Waals surface area (Å²) in [5.41, 5.74) is 2.11. The molecule has 0 unspecified atom stereocenters. The van der Waals surface area contributed by atoms with Gasteiger partial charge in [-0.3, -0.25) is 9.69 Å². The number of hydrogen-bond acceptors (Lipinski definition) is 5. The Labute approximate surface area is 137 Å². The standard InChI is InChI=1S/C17H26N4O2/c1-12-18-10-14(16(20-12)15-4-3-7-21(15)2)11-19-17(22)13-5-8-23-9-6-13/h10,13,15H,3-9,11H2,1-2H3,(H,19,22)/t15-/m0/s1. The van der Waals surface area contributed by atoms with Crippen LogP contribution in [0.25, 0.3) is 0 Å². The zero-order chi connectivity index (χ0) is 16.2. The van der Waals surface area contributed by atoms with Crippen molar-refractivity contribution in [1.29, 1.82) is 0 Å². The summed E-state index contributed by atoms with van der Waals surface area (Å²) in [6.07, 6.45) is 5.81. The van der Waals surface area contributed by atoms with Gasteiger partial charge in [-0.25, -0.2) is 9.97 Å². The van der Waals surface area contributed by atoms with Crippen LogP contribution in [-0.4, -0.2) is 47.6 Å². The van der Waals surface area contributed by atoms with E-state index >= 15 is 0 Å². The van der Waals surface area contributed by atoms with E-state index in [1.807, 2.05) is 13.1 Å². The van der Waals surface area contributed by atoms with E-state index in [0.717, 1.165) is 42.9 Å². The number of carbonyl (C=O) groups is 1. The minimum Gasteiger partial charge on any atom is -0.381 e. The number of carbonyl (C=O) groups excluding carboxylic acids is 1. The van der Waals surface area contributed by atoms with E-state index in [2.05, 4.69) is 27.2 Å². The number of nitrogens with one attached hydrogen (secondary N) is 1. The summed E-state index contributed by atoms with van der Waals surface area (Å²) in [5, 5.41) is 3.07. The second kappa shape index (κ2) is 7.36. The van der Waals surface area contributed by atoms with Crippen LogP contribution in [0, 0.1) is 12.8 Å². The Hall–Kier alpha value is -1.53. The van der Waals surface area contributed by atoms with Crippen molar-refractivity contribution in [3.63, 3.8) is 0 Å². The normalized spacial score (nSPS) is 23.1. The molecular formula is C17H26N4O2. The van der Waals surface area contributed by atoms with Gasteiger partial charge in [0.05, 0.1) is 11.7 Å². The Bertz CT molecular complexity index is 558. The predicted molar refractivity (Wildman–Crippen MR) is 86.8 cm³/mol. The molecule has 0 radical (unpaired) electrons. The lowest BCUT2D eigenvalue weighted by atomic mass is 9.99. The van der Waals surface area contributed by atoms with Crippen molar-refractivity contribution in [2.75, 3.05) is 26.8 Å². The average molecular weight is 318 g/mol.